The van der Waals surface area contributed by atoms with Gasteiger partial charge in [0, 0.05) is 0 Å². The van der Waals surface area contributed by atoms with E-state index in [-0.39, 0.29) is 12.3 Å². The number of hydrogen-bond acceptors (Lipinski definition) is 4. The second-order valence-corrected chi connectivity index (χ2v) is 3.65. The first-order chi connectivity index (χ1) is 7.56. The Labute approximate surface area is 99.3 Å². The zero-order chi connectivity index (χ0) is 12.3. The normalized spacial score (nSPS) is 10.1. The molecule has 0 atom stereocenters. The summed E-state index contributed by atoms with van der Waals surface area (Å²) in [6, 6.07) is 1.66. The molecule has 16 heavy (non-hydrogen) atoms. The van der Waals surface area contributed by atoms with E-state index < -0.39 is 0 Å². The molecule has 1 aromatic rings. The van der Waals surface area contributed by atoms with E-state index in [1.54, 1.807) is 13.0 Å². The number of benzene rings is 1. The zero-order valence-electron chi connectivity index (χ0n) is 9.46. The fourth-order valence-electron chi connectivity index (χ4n) is 1.56. The van der Waals surface area contributed by atoms with Gasteiger partial charge in [0.1, 0.15) is 0 Å². The number of methoxy groups -OCH3 is 2. The molecule has 1 aromatic carbocycles. The lowest BCUT2D eigenvalue weighted by Crippen LogP contribution is -2.16. The molecule has 5 heteroatoms. The van der Waals surface area contributed by atoms with Gasteiger partial charge in [0.05, 0.1) is 31.4 Å². The van der Waals surface area contributed by atoms with E-state index in [0.717, 1.165) is 5.56 Å². The quantitative estimate of drug-likeness (QED) is 0.820. The Hall–Kier alpha value is -1.26. The van der Waals surface area contributed by atoms with Gasteiger partial charge in [-0.25, -0.2) is 0 Å². The highest BCUT2D eigenvalue weighted by Crippen LogP contribution is 2.39. The Kier molecular flexibility index (Phi) is 4.15. The highest BCUT2D eigenvalue weighted by atomic mass is 35.5. The Bertz CT molecular complexity index is 418. The summed E-state index contributed by atoms with van der Waals surface area (Å²) >= 11 is 5.99. The molecule has 0 saturated heterocycles. The van der Waals surface area contributed by atoms with Crippen LogP contribution in [0.1, 0.15) is 15.9 Å². The Balaban J connectivity index is 3.52. The first-order valence-electron chi connectivity index (χ1n) is 4.71. The van der Waals surface area contributed by atoms with Gasteiger partial charge in [0.15, 0.2) is 17.3 Å². The molecule has 0 radical (unpaired) electrons. The Morgan fingerprint density at radius 2 is 1.94 bits per heavy atom. The third-order valence-electron chi connectivity index (χ3n) is 2.26. The van der Waals surface area contributed by atoms with Crippen LogP contribution >= 0.6 is 11.6 Å². The van der Waals surface area contributed by atoms with Crippen molar-refractivity contribution in [3.8, 4) is 11.5 Å². The molecule has 0 heterocycles. The van der Waals surface area contributed by atoms with Crippen molar-refractivity contribution in [2.24, 2.45) is 5.73 Å². The largest absolute Gasteiger partial charge is 0.492 e. The molecule has 0 spiro atoms. The molecule has 1 rings (SSSR count). The summed E-state index contributed by atoms with van der Waals surface area (Å²) in [6.07, 6.45) is 0. The first-order valence-corrected chi connectivity index (χ1v) is 5.08. The van der Waals surface area contributed by atoms with E-state index in [2.05, 4.69) is 0 Å². The SMILES string of the molecule is COc1c(Cl)cc(C)c(C(=O)CN)c1OC. The van der Waals surface area contributed by atoms with Crippen LogP contribution in [0.5, 0.6) is 11.5 Å². The number of carbonyl (C=O) groups excluding carboxylic acids is 1. The highest BCUT2D eigenvalue weighted by Gasteiger charge is 2.21. The third-order valence-corrected chi connectivity index (χ3v) is 2.54. The topological polar surface area (TPSA) is 61.5 Å². The smallest absolute Gasteiger partial charge is 0.180 e. The predicted octanol–water partition coefficient (Wildman–Crippen LogP) is 1.81. The molecule has 0 aliphatic heterocycles. The number of carbonyl (C=O) groups is 1. The van der Waals surface area contributed by atoms with Crippen LogP contribution < -0.4 is 15.2 Å². The molecule has 0 bridgehead atoms. The van der Waals surface area contributed by atoms with E-state index in [9.17, 15) is 4.79 Å². The summed E-state index contributed by atoms with van der Waals surface area (Å²) in [4.78, 5) is 11.7. The van der Waals surface area contributed by atoms with Crippen molar-refractivity contribution in [2.75, 3.05) is 20.8 Å². The summed E-state index contributed by atoms with van der Waals surface area (Å²) in [7, 11) is 2.93. The number of ketones is 1. The first kappa shape index (κ1) is 12.8. The number of Topliss-reactive ketones (excluding diaryl/α,β-unsaturated/α-hetero) is 1. The standard InChI is InChI=1S/C11H14ClNO3/c1-6-4-7(12)10(15-2)11(16-3)9(6)8(14)5-13/h4H,5,13H2,1-3H3. The van der Waals surface area contributed by atoms with Crippen molar-refractivity contribution < 1.29 is 14.3 Å². The molecule has 0 amide bonds. The van der Waals surface area contributed by atoms with Gasteiger partial charge in [-0.15, -0.1) is 0 Å². The number of rotatable bonds is 4. The molecule has 0 fully saturated rings. The van der Waals surface area contributed by atoms with Crippen LogP contribution in [0.3, 0.4) is 0 Å². The van der Waals surface area contributed by atoms with E-state index in [1.165, 1.54) is 14.2 Å². The van der Waals surface area contributed by atoms with Crippen molar-refractivity contribution in [1.29, 1.82) is 0 Å². The number of hydrogen-bond donors (Lipinski definition) is 1. The fourth-order valence-corrected chi connectivity index (χ4v) is 1.89. The van der Waals surface area contributed by atoms with Crippen molar-refractivity contribution >= 4 is 17.4 Å². The van der Waals surface area contributed by atoms with E-state index in [4.69, 9.17) is 26.8 Å². The van der Waals surface area contributed by atoms with Gasteiger partial charge >= 0.3 is 0 Å². The Morgan fingerprint density at radius 1 is 1.38 bits per heavy atom. The molecule has 0 aliphatic rings. The number of nitrogens with two attached hydrogens (primary N) is 1. The maximum Gasteiger partial charge on any atom is 0.180 e. The molecule has 0 saturated carbocycles. The molecular weight excluding hydrogens is 230 g/mol. The average Bonchev–Trinajstić information content (AvgIpc) is 2.27. The molecular formula is C11H14ClNO3. The molecule has 4 nitrogen and oxygen atoms in total. The van der Waals surface area contributed by atoms with Crippen molar-refractivity contribution in [3.05, 3.63) is 22.2 Å². The van der Waals surface area contributed by atoms with Gasteiger partial charge in [0.2, 0.25) is 0 Å². The third kappa shape index (κ3) is 2.13. The second kappa shape index (κ2) is 5.18. The van der Waals surface area contributed by atoms with Crippen LogP contribution in [0.25, 0.3) is 0 Å². The maximum absolute atomic E-state index is 11.7. The van der Waals surface area contributed by atoms with Gasteiger partial charge in [-0.1, -0.05) is 11.6 Å². The molecule has 2 N–H and O–H groups in total. The number of ether oxygens (including phenoxy) is 2. The number of halogens is 1. The predicted molar refractivity (Wildman–Crippen MR) is 62.7 cm³/mol. The van der Waals surface area contributed by atoms with Crippen molar-refractivity contribution in [3.63, 3.8) is 0 Å². The summed E-state index contributed by atoms with van der Waals surface area (Å²) in [5.74, 6) is 0.485. The molecule has 0 aliphatic carbocycles. The van der Waals surface area contributed by atoms with E-state index in [1.807, 2.05) is 0 Å². The van der Waals surface area contributed by atoms with Crippen LogP contribution in [0.2, 0.25) is 5.02 Å². The average molecular weight is 244 g/mol. The minimum absolute atomic E-state index is 0.0814. The van der Waals surface area contributed by atoms with Crippen LogP contribution in [-0.2, 0) is 0 Å². The van der Waals surface area contributed by atoms with Gasteiger partial charge in [-0.05, 0) is 18.6 Å². The van der Waals surface area contributed by atoms with Crippen molar-refractivity contribution in [1.82, 2.24) is 0 Å². The lowest BCUT2D eigenvalue weighted by Gasteiger charge is -2.15. The lowest BCUT2D eigenvalue weighted by molar-refractivity contribution is 0.0997. The van der Waals surface area contributed by atoms with Crippen LogP contribution in [0.15, 0.2) is 6.07 Å². The van der Waals surface area contributed by atoms with Gasteiger partial charge in [0.25, 0.3) is 0 Å². The zero-order valence-corrected chi connectivity index (χ0v) is 10.2. The fraction of sp³-hybridized carbons (Fsp3) is 0.364. The van der Waals surface area contributed by atoms with Gasteiger partial charge < -0.3 is 15.2 Å². The van der Waals surface area contributed by atoms with Gasteiger partial charge in [-0.3, -0.25) is 4.79 Å². The molecule has 0 unspecified atom stereocenters. The lowest BCUT2D eigenvalue weighted by atomic mass is 10.0. The van der Waals surface area contributed by atoms with Crippen LogP contribution in [0.4, 0.5) is 0 Å². The minimum atomic E-state index is -0.204. The van der Waals surface area contributed by atoms with Crippen LogP contribution in [0, 0.1) is 6.92 Å². The van der Waals surface area contributed by atoms with Crippen molar-refractivity contribution in [2.45, 2.75) is 6.92 Å². The number of aryl methyl sites for hydroxylation is 1. The second-order valence-electron chi connectivity index (χ2n) is 3.24. The summed E-state index contributed by atoms with van der Waals surface area (Å²) < 4.78 is 10.3. The van der Waals surface area contributed by atoms with E-state index >= 15 is 0 Å². The summed E-state index contributed by atoms with van der Waals surface area (Å²) in [5, 5.41) is 0.408. The Morgan fingerprint density at radius 3 is 2.38 bits per heavy atom. The summed E-state index contributed by atoms with van der Waals surface area (Å²) in [6.45, 7) is 1.69. The minimum Gasteiger partial charge on any atom is -0.492 e. The molecule has 88 valence electrons. The van der Waals surface area contributed by atoms with Gasteiger partial charge in [-0.2, -0.15) is 0 Å². The maximum atomic E-state index is 11.7. The molecule has 0 aromatic heterocycles. The van der Waals surface area contributed by atoms with Crippen LogP contribution in [-0.4, -0.2) is 26.5 Å². The summed E-state index contributed by atoms with van der Waals surface area (Å²) in [5.41, 5.74) is 6.49. The highest BCUT2D eigenvalue weighted by molar-refractivity contribution is 6.32. The monoisotopic (exact) mass is 243 g/mol. The van der Waals surface area contributed by atoms with E-state index in [0.29, 0.717) is 22.1 Å².